The molecule has 5 aromatic rings. The maximum Gasteiger partial charge on any atom is 0.245 e. The average Bonchev–Trinajstić information content (AvgIpc) is 3.23. The number of carbonyl (C=O) groups excluding carboxylic acids is 1. The molecule has 0 spiro atoms. The molecule has 1 amide bonds. The minimum Gasteiger partial charge on any atom is -0.324 e. The summed E-state index contributed by atoms with van der Waals surface area (Å²) in [6.45, 7) is 5.04. The molecule has 8 heteroatoms. The molecule has 0 N–H and O–H groups in total. The molecule has 0 saturated carbocycles. The Balaban J connectivity index is 1.38. The van der Waals surface area contributed by atoms with Crippen molar-refractivity contribution >= 4 is 62.9 Å². The number of aromatic nitrogens is 4. The highest BCUT2D eigenvalue weighted by molar-refractivity contribution is 8.00. The first-order valence-corrected chi connectivity index (χ1v) is 13.9. The number of anilines is 2. The molecule has 1 aliphatic rings. The van der Waals surface area contributed by atoms with E-state index in [-0.39, 0.29) is 11.2 Å². The molecule has 0 bridgehead atoms. The van der Waals surface area contributed by atoms with E-state index in [9.17, 15) is 4.79 Å². The van der Waals surface area contributed by atoms with Crippen LogP contribution in [-0.2, 0) is 11.3 Å². The molecule has 180 valence electrons. The lowest BCUT2D eigenvalue weighted by Gasteiger charge is -2.33. The SMILES string of the molecule is CCCn1c2ccccc2c2nnc(S[C@H](CC)C(=O)N3c4ccccc4Sc4ccccc43)nc21. The Kier molecular flexibility index (Phi) is 6.15. The van der Waals surface area contributed by atoms with Gasteiger partial charge in [-0.25, -0.2) is 4.98 Å². The van der Waals surface area contributed by atoms with Crippen molar-refractivity contribution < 1.29 is 4.79 Å². The molecule has 36 heavy (non-hydrogen) atoms. The third-order valence-corrected chi connectivity index (χ3v) is 8.68. The Morgan fingerprint density at radius 2 is 1.58 bits per heavy atom. The fraction of sp³-hybridized carbons (Fsp3) is 0.214. The summed E-state index contributed by atoms with van der Waals surface area (Å²) in [7, 11) is 0. The van der Waals surface area contributed by atoms with Crippen LogP contribution < -0.4 is 4.90 Å². The van der Waals surface area contributed by atoms with E-state index in [1.165, 1.54) is 11.8 Å². The summed E-state index contributed by atoms with van der Waals surface area (Å²) in [6.07, 6.45) is 1.64. The monoisotopic (exact) mass is 511 g/mol. The lowest BCUT2D eigenvalue weighted by atomic mass is 10.2. The van der Waals surface area contributed by atoms with Gasteiger partial charge in [-0.15, -0.1) is 10.2 Å². The number of para-hydroxylation sites is 3. The molecule has 2 aromatic heterocycles. The van der Waals surface area contributed by atoms with Crippen molar-refractivity contribution in [1.29, 1.82) is 0 Å². The molecular formula is C28H25N5OS2. The van der Waals surface area contributed by atoms with Gasteiger partial charge in [0.1, 0.15) is 5.52 Å². The average molecular weight is 512 g/mol. The van der Waals surface area contributed by atoms with Gasteiger partial charge in [-0.1, -0.05) is 79.8 Å². The van der Waals surface area contributed by atoms with Crippen molar-refractivity contribution in [2.24, 2.45) is 0 Å². The highest BCUT2D eigenvalue weighted by Gasteiger charge is 2.33. The standard InChI is InChI=1S/C28H25N5OS2/c1-3-17-32-19-12-6-5-11-18(19)25-26(32)29-28(31-30-25)36-22(4-2)27(34)33-20-13-7-9-15-23(20)35-24-16-10-8-14-21(24)33/h5-16,22H,3-4,17H2,1-2H3/t22-/m1/s1. The molecule has 0 saturated heterocycles. The van der Waals surface area contributed by atoms with Crippen LogP contribution in [0.15, 0.2) is 87.7 Å². The van der Waals surface area contributed by atoms with Gasteiger partial charge in [-0.3, -0.25) is 9.69 Å². The second-order valence-corrected chi connectivity index (χ2v) is 10.9. The quantitative estimate of drug-likeness (QED) is 0.227. The van der Waals surface area contributed by atoms with Crippen LogP contribution in [0.1, 0.15) is 26.7 Å². The number of fused-ring (bicyclic) bond motifs is 5. The Morgan fingerprint density at radius 3 is 2.28 bits per heavy atom. The minimum absolute atomic E-state index is 0.0282. The predicted molar refractivity (Wildman–Crippen MR) is 147 cm³/mol. The van der Waals surface area contributed by atoms with Crippen LogP contribution in [0.2, 0.25) is 0 Å². The van der Waals surface area contributed by atoms with E-state index in [4.69, 9.17) is 4.98 Å². The van der Waals surface area contributed by atoms with Crippen LogP contribution in [-0.4, -0.2) is 30.9 Å². The van der Waals surface area contributed by atoms with Gasteiger partial charge in [0.2, 0.25) is 11.1 Å². The van der Waals surface area contributed by atoms with Gasteiger partial charge < -0.3 is 4.57 Å². The van der Waals surface area contributed by atoms with E-state index in [0.717, 1.165) is 56.2 Å². The van der Waals surface area contributed by atoms with Crippen molar-refractivity contribution in [3.8, 4) is 0 Å². The summed E-state index contributed by atoms with van der Waals surface area (Å²) in [5.74, 6) is 0.0282. The summed E-state index contributed by atoms with van der Waals surface area (Å²) in [6, 6.07) is 24.4. The molecule has 6 nitrogen and oxygen atoms in total. The van der Waals surface area contributed by atoms with Crippen LogP contribution in [0.4, 0.5) is 11.4 Å². The van der Waals surface area contributed by atoms with Crippen LogP contribution in [0.3, 0.4) is 0 Å². The number of aryl methyl sites for hydroxylation is 1. The smallest absolute Gasteiger partial charge is 0.245 e. The first-order chi connectivity index (χ1) is 17.7. The second-order valence-electron chi connectivity index (χ2n) is 8.66. The molecule has 0 radical (unpaired) electrons. The van der Waals surface area contributed by atoms with Crippen LogP contribution in [0.5, 0.6) is 0 Å². The van der Waals surface area contributed by atoms with Crippen molar-refractivity contribution in [3.05, 3.63) is 72.8 Å². The van der Waals surface area contributed by atoms with Gasteiger partial charge in [0.05, 0.1) is 22.1 Å². The molecule has 0 aliphatic carbocycles. The number of rotatable bonds is 6. The van der Waals surface area contributed by atoms with Crippen molar-refractivity contribution in [3.63, 3.8) is 0 Å². The molecule has 6 rings (SSSR count). The highest BCUT2D eigenvalue weighted by Crippen LogP contribution is 2.48. The first kappa shape index (κ1) is 23.1. The molecule has 3 aromatic carbocycles. The summed E-state index contributed by atoms with van der Waals surface area (Å²) in [4.78, 5) is 23.0. The normalized spacial score (nSPS) is 13.6. The van der Waals surface area contributed by atoms with Crippen molar-refractivity contribution in [2.75, 3.05) is 4.90 Å². The highest BCUT2D eigenvalue weighted by atomic mass is 32.2. The van der Waals surface area contributed by atoms with Crippen LogP contribution >= 0.6 is 23.5 Å². The Morgan fingerprint density at radius 1 is 0.917 bits per heavy atom. The van der Waals surface area contributed by atoms with Gasteiger partial charge >= 0.3 is 0 Å². The molecular weight excluding hydrogens is 486 g/mol. The first-order valence-electron chi connectivity index (χ1n) is 12.2. The molecule has 1 aliphatic heterocycles. The number of nitrogens with zero attached hydrogens (tertiary/aromatic N) is 5. The van der Waals surface area contributed by atoms with Gasteiger partial charge in [0.15, 0.2) is 5.65 Å². The number of amides is 1. The Hall–Kier alpha value is -3.36. The summed E-state index contributed by atoms with van der Waals surface area (Å²) in [5.41, 5.74) is 4.58. The predicted octanol–water partition coefficient (Wildman–Crippen LogP) is 7.09. The lowest BCUT2D eigenvalue weighted by Crippen LogP contribution is -2.35. The van der Waals surface area contributed by atoms with Crippen molar-refractivity contribution in [1.82, 2.24) is 19.7 Å². The lowest BCUT2D eigenvalue weighted by molar-refractivity contribution is -0.117. The fourth-order valence-corrected chi connectivity index (χ4v) is 6.62. The van der Waals surface area contributed by atoms with E-state index in [0.29, 0.717) is 11.6 Å². The minimum atomic E-state index is -0.350. The van der Waals surface area contributed by atoms with Gasteiger partial charge in [0.25, 0.3) is 0 Å². The third-order valence-electron chi connectivity index (χ3n) is 6.35. The molecule has 1 atom stereocenters. The van der Waals surface area contributed by atoms with E-state index in [2.05, 4.69) is 46.0 Å². The van der Waals surface area contributed by atoms with Crippen LogP contribution in [0.25, 0.3) is 22.1 Å². The zero-order valence-electron chi connectivity index (χ0n) is 20.1. The van der Waals surface area contributed by atoms with E-state index < -0.39 is 0 Å². The van der Waals surface area contributed by atoms with Crippen molar-refractivity contribution in [2.45, 2.75) is 53.4 Å². The zero-order chi connectivity index (χ0) is 24.6. The number of carbonyl (C=O) groups is 1. The Bertz CT molecular complexity index is 1550. The van der Waals surface area contributed by atoms with E-state index in [1.54, 1.807) is 11.8 Å². The zero-order valence-corrected chi connectivity index (χ0v) is 21.7. The number of hydrogen-bond acceptors (Lipinski definition) is 6. The molecule has 0 unspecified atom stereocenters. The second kappa shape index (κ2) is 9.59. The largest absolute Gasteiger partial charge is 0.324 e. The number of hydrogen-bond donors (Lipinski definition) is 0. The third kappa shape index (κ3) is 3.85. The van der Waals surface area contributed by atoms with Gasteiger partial charge in [0, 0.05) is 21.7 Å². The fourth-order valence-electron chi connectivity index (χ4n) is 4.71. The van der Waals surface area contributed by atoms with Crippen LogP contribution in [0, 0.1) is 0 Å². The van der Waals surface area contributed by atoms with E-state index >= 15 is 0 Å². The molecule has 0 fully saturated rings. The summed E-state index contributed by atoms with van der Waals surface area (Å²) >= 11 is 3.09. The topological polar surface area (TPSA) is 63.9 Å². The summed E-state index contributed by atoms with van der Waals surface area (Å²) in [5, 5.41) is 10.2. The van der Waals surface area contributed by atoms with Gasteiger partial charge in [-0.05, 0) is 43.2 Å². The van der Waals surface area contributed by atoms with E-state index in [1.807, 2.05) is 60.4 Å². The number of benzene rings is 3. The number of thioether (sulfide) groups is 1. The maximum atomic E-state index is 14.0. The maximum absolute atomic E-state index is 14.0. The van der Waals surface area contributed by atoms with Gasteiger partial charge in [-0.2, -0.15) is 0 Å². The molecule has 3 heterocycles. The Labute approximate surface area is 218 Å². The summed E-state index contributed by atoms with van der Waals surface area (Å²) < 4.78 is 2.21.